The van der Waals surface area contributed by atoms with E-state index in [9.17, 15) is 4.79 Å². The van der Waals surface area contributed by atoms with E-state index in [-0.39, 0.29) is 5.41 Å². The summed E-state index contributed by atoms with van der Waals surface area (Å²) in [7, 11) is 1.60. The van der Waals surface area contributed by atoms with Crippen molar-refractivity contribution in [3.05, 3.63) is 28.2 Å². The van der Waals surface area contributed by atoms with Crippen molar-refractivity contribution in [1.82, 2.24) is 0 Å². The lowest BCUT2D eigenvalue weighted by Gasteiger charge is -2.43. The molecule has 104 valence electrons. The van der Waals surface area contributed by atoms with E-state index in [2.05, 4.69) is 15.9 Å². The summed E-state index contributed by atoms with van der Waals surface area (Å²) >= 11 is 3.43. The summed E-state index contributed by atoms with van der Waals surface area (Å²) in [5.41, 5.74) is 6.36. The molecule has 1 saturated heterocycles. The molecule has 1 aromatic carbocycles. The molecule has 5 nitrogen and oxygen atoms in total. The van der Waals surface area contributed by atoms with Crippen LogP contribution in [-0.4, -0.2) is 37.4 Å². The Balaban J connectivity index is 2.26. The normalized spacial score (nSPS) is 18.5. The van der Waals surface area contributed by atoms with Crippen molar-refractivity contribution >= 4 is 21.9 Å². The average molecular weight is 330 g/mol. The Bertz CT molecular complexity index is 488. The molecular weight excluding hydrogens is 314 g/mol. The Morgan fingerprint density at radius 3 is 2.74 bits per heavy atom. The highest BCUT2D eigenvalue weighted by molar-refractivity contribution is 9.10. The molecule has 3 N–H and O–H groups in total. The maximum absolute atomic E-state index is 10.9. The molecule has 1 aliphatic heterocycles. The second-order valence-electron chi connectivity index (χ2n) is 4.77. The molecule has 19 heavy (non-hydrogen) atoms. The quantitative estimate of drug-likeness (QED) is 0.856. The molecule has 0 amide bonds. The fourth-order valence-electron chi connectivity index (χ4n) is 2.26. The van der Waals surface area contributed by atoms with Crippen LogP contribution in [0.5, 0.6) is 5.75 Å². The number of nitrogens with two attached hydrogens (primary N) is 1. The van der Waals surface area contributed by atoms with Gasteiger partial charge in [0.05, 0.1) is 24.8 Å². The minimum atomic E-state index is -0.987. The molecule has 0 aliphatic carbocycles. The third kappa shape index (κ3) is 2.75. The monoisotopic (exact) mass is 329 g/mol. The summed E-state index contributed by atoms with van der Waals surface area (Å²) < 4.78 is 11.3. The van der Waals surface area contributed by atoms with Crippen molar-refractivity contribution in [1.29, 1.82) is 0 Å². The Labute approximate surface area is 119 Å². The van der Waals surface area contributed by atoms with Gasteiger partial charge in [0, 0.05) is 5.41 Å². The van der Waals surface area contributed by atoms with Gasteiger partial charge >= 0.3 is 5.97 Å². The highest BCUT2D eigenvalue weighted by Crippen LogP contribution is 2.39. The number of halogens is 1. The van der Waals surface area contributed by atoms with Gasteiger partial charge in [-0.15, -0.1) is 0 Å². The third-order valence-electron chi connectivity index (χ3n) is 3.45. The van der Waals surface area contributed by atoms with Gasteiger partial charge in [-0.05, 0) is 40.0 Å². The van der Waals surface area contributed by atoms with Gasteiger partial charge in [0.2, 0.25) is 0 Å². The van der Waals surface area contributed by atoms with Crippen molar-refractivity contribution in [2.24, 2.45) is 5.73 Å². The van der Waals surface area contributed by atoms with Crippen molar-refractivity contribution in [2.45, 2.75) is 17.9 Å². The predicted octanol–water partition coefficient (Wildman–Crippen LogP) is 1.53. The van der Waals surface area contributed by atoms with Crippen LogP contribution in [0.2, 0.25) is 0 Å². The lowest BCUT2D eigenvalue weighted by molar-refractivity contribution is -0.141. The smallest absolute Gasteiger partial charge is 0.320 e. The first-order valence-corrected chi connectivity index (χ1v) is 6.68. The number of hydrogen-bond acceptors (Lipinski definition) is 4. The molecular formula is C13H16BrNO4. The molecule has 0 saturated carbocycles. The van der Waals surface area contributed by atoms with Crippen LogP contribution in [0.15, 0.2) is 22.7 Å². The Kier molecular flexibility index (Phi) is 4.13. The minimum Gasteiger partial charge on any atom is -0.496 e. The van der Waals surface area contributed by atoms with Gasteiger partial charge in [-0.25, -0.2) is 0 Å². The van der Waals surface area contributed by atoms with Crippen molar-refractivity contribution in [3.8, 4) is 5.75 Å². The fraction of sp³-hybridized carbons (Fsp3) is 0.462. The number of aliphatic carboxylic acids is 1. The summed E-state index contributed by atoms with van der Waals surface area (Å²) in [5, 5.41) is 8.95. The molecule has 1 atom stereocenters. The molecule has 6 heteroatoms. The Morgan fingerprint density at radius 2 is 2.32 bits per heavy atom. The minimum absolute atomic E-state index is 0.313. The molecule has 0 aromatic heterocycles. The first-order chi connectivity index (χ1) is 8.98. The van der Waals surface area contributed by atoms with Gasteiger partial charge in [0.1, 0.15) is 11.8 Å². The SMILES string of the molecule is COc1ccc(C2(CC(N)C(=O)O)COC2)cc1Br. The summed E-state index contributed by atoms with van der Waals surface area (Å²) in [6, 6.07) is 4.84. The summed E-state index contributed by atoms with van der Waals surface area (Å²) in [4.78, 5) is 10.9. The fourth-order valence-corrected chi connectivity index (χ4v) is 2.80. The van der Waals surface area contributed by atoms with Crippen molar-refractivity contribution in [3.63, 3.8) is 0 Å². The largest absolute Gasteiger partial charge is 0.496 e. The van der Waals surface area contributed by atoms with E-state index in [1.165, 1.54) is 0 Å². The van der Waals surface area contributed by atoms with Crippen LogP contribution < -0.4 is 10.5 Å². The standard InChI is InChI=1S/C13H16BrNO4/c1-18-11-3-2-8(4-9(11)14)13(6-19-7-13)5-10(15)12(16)17/h2-4,10H,5-7,15H2,1H3,(H,16,17). The molecule has 1 heterocycles. The molecule has 2 rings (SSSR count). The number of methoxy groups -OCH3 is 1. The zero-order valence-corrected chi connectivity index (χ0v) is 12.1. The average Bonchev–Trinajstić information content (AvgIpc) is 2.33. The second kappa shape index (κ2) is 5.48. The highest BCUT2D eigenvalue weighted by Gasteiger charge is 2.43. The lowest BCUT2D eigenvalue weighted by atomic mass is 9.74. The summed E-state index contributed by atoms with van der Waals surface area (Å²) in [6.07, 6.45) is 0.362. The van der Waals surface area contributed by atoms with Crippen LogP contribution in [0.4, 0.5) is 0 Å². The second-order valence-corrected chi connectivity index (χ2v) is 5.63. The van der Waals surface area contributed by atoms with Gasteiger partial charge < -0.3 is 20.3 Å². The van der Waals surface area contributed by atoms with E-state index in [4.69, 9.17) is 20.3 Å². The van der Waals surface area contributed by atoms with Crippen LogP contribution >= 0.6 is 15.9 Å². The molecule has 0 spiro atoms. The number of ether oxygens (including phenoxy) is 2. The number of rotatable bonds is 5. The van der Waals surface area contributed by atoms with Gasteiger partial charge in [0.15, 0.2) is 0 Å². The van der Waals surface area contributed by atoms with Gasteiger partial charge in [-0.2, -0.15) is 0 Å². The third-order valence-corrected chi connectivity index (χ3v) is 4.07. The van der Waals surface area contributed by atoms with Gasteiger partial charge in [-0.3, -0.25) is 4.79 Å². The zero-order chi connectivity index (χ0) is 14.0. The molecule has 1 aromatic rings. The number of carbonyl (C=O) groups is 1. The van der Waals surface area contributed by atoms with Crippen LogP contribution in [-0.2, 0) is 14.9 Å². The van der Waals surface area contributed by atoms with Crippen molar-refractivity contribution < 1.29 is 19.4 Å². The van der Waals surface area contributed by atoms with E-state index in [1.54, 1.807) is 7.11 Å². The molecule has 0 bridgehead atoms. The van der Waals surface area contributed by atoms with E-state index in [0.717, 1.165) is 15.8 Å². The first kappa shape index (κ1) is 14.3. The van der Waals surface area contributed by atoms with E-state index < -0.39 is 12.0 Å². The lowest BCUT2D eigenvalue weighted by Crippen LogP contribution is -2.51. The zero-order valence-electron chi connectivity index (χ0n) is 10.6. The van der Waals surface area contributed by atoms with E-state index in [1.807, 2.05) is 18.2 Å². The molecule has 0 radical (unpaired) electrons. The van der Waals surface area contributed by atoms with E-state index >= 15 is 0 Å². The first-order valence-electron chi connectivity index (χ1n) is 5.89. The summed E-state index contributed by atoms with van der Waals surface area (Å²) in [5.74, 6) is -0.250. The maximum Gasteiger partial charge on any atom is 0.320 e. The number of carboxylic acids is 1. The van der Waals surface area contributed by atoms with Crippen LogP contribution in [0, 0.1) is 0 Å². The van der Waals surface area contributed by atoms with Crippen LogP contribution in [0.1, 0.15) is 12.0 Å². The van der Waals surface area contributed by atoms with E-state index in [0.29, 0.717) is 19.6 Å². The number of hydrogen-bond donors (Lipinski definition) is 2. The van der Waals surface area contributed by atoms with Gasteiger partial charge in [-0.1, -0.05) is 6.07 Å². The van der Waals surface area contributed by atoms with Crippen LogP contribution in [0.25, 0.3) is 0 Å². The molecule has 1 aliphatic rings. The van der Waals surface area contributed by atoms with Gasteiger partial charge in [0.25, 0.3) is 0 Å². The Morgan fingerprint density at radius 1 is 1.63 bits per heavy atom. The predicted molar refractivity (Wildman–Crippen MR) is 73.4 cm³/mol. The highest BCUT2D eigenvalue weighted by atomic mass is 79.9. The molecule has 1 unspecified atom stereocenters. The van der Waals surface area contributed by atoms with Crippen molar-refractivity contribution in [2.75, 3.05) is 20.3 Å². The Hall–Kier alpha value is -1.11. The topological polar surface area (TPSA) is 81.8 Å². The molecule has 1 fully saturated rings. The maximum atomic E-state index is 10.9. The number of carboxylic acid groups (broad SMARTS) is 1. The number of benzene rings is 1. The van der Waals surface area contributed by atoms with Crippen LogP contribution in [0.3, 0.4) is 0 Å². The summed E-state index contributed by atoms with van der Waals surface area (Å²) in [6.45, 7) is 0.986.